The van der Waals surface area contributed by atoms with Crippen LogP contribution in [0.25, 0.3) is 38.6 Å². The summed E-state index contributed by atoms with van der Waals surface area (Å²) in [6.07, 6.45) is 8.89. The number of pyridine rings is 1. The number of aryl methyl sites for hydroxylation is 1. The third kappa shape index (κ3) is 3.29. The van der Waals surface area contributed by atoms with Crippen LogP contribution in [0.5, 0.6) is 0 Å². The Morgan fingerprint density at radius 3 is 2.59 bits per heavy atom. The molecule has 5 heteroatoms. The van der Waals surface area contributed by atoms with Crippen molar-refractivity contribution in [3.63, 3.8) is 0 Å². The van der Waals surface area contributed by atoms with Crippen molar-refractivity contribution in [2.75, 3.05) is 0 Å². The summed E-state index contributed by atoms with van der Waals surface area (Å²) in [5.74, 6) is -0.656. The Bertz CT molecular complexity index is 1380. The van der Waals surface area contributed by atoms with Gasteiger partial charge in [-0.1, -0.05) is 32.1 Å². The standard InChI is InChI=1S/C27H27N3O2/c1-15(2)22-23(17-7-5-4-6-8-17)21-13-20-14-28-30-24(20)16(3)25(21)29-26(22)18-9-11-19(12-10-18)27(31)32/h7,9-15H,4-6,8H2,1-3H3,(H,28,30)(H,31,32). The fraction of sp³-hybridized carbons (Fsp3) is 0.296. The molecule has 162 valence electrons. The first kappa shape index (κ1) is 20.4. The molecule has 1 aliphatic carbocycles. The van der Waals surface area contributed by atoms with Crippen molar-refractivity contribution >= 4 is 33.3 Å². The Balaban J connectivity index is 1.90. The van der Waals surface area contributed by atoms with Crippen molar-refractivity contribution in [1.82, 2.24) is 15.2 Å². The van der Waals surface area contributed by atoms with Gasteiger partial charge in [-0.15, -0.1) is 0 Å². The molecule has 2 aromatic carbocycles. The number of fused-ring (bicyclic) bond motifs is 2. The Labute approximate surface area is 187 Å². The lowest BCUT2D eigenvalue weighted by atomic mass is 9.82. The first-order valence-electron chi connectivity index (χ1n) is 11.3. The number of H-pyrrole nitrogens is 1. The van der Waals surface area contributed by atoms with Gasteiger partial charge in [-0.2, -0.15) is 5.10 Å². The quantitative estimate of drug-likeness (QED) is 0.374. The number of carboxylic acid groups (broad SMARTS) is 1. The molecule has 0 saturated carbocycles. The molecule has 5 nitrogen and oxygen atoms in total. The van der Waals surface area contributed by atoms with Gasteiger partial charge in [-0.25, -0.2) is 9.78 Å². The molecular formula is C27H27N3O2. The summed E-state index contributed by atoms with van der Waals surface area (Å²) in [5, 5.41) is 19.0. The van der Waals surface area contributed by atoms with E-state index in [1.807, 2.05) is 18.3 Å². The van der Waals surface area contributed by atoms with Gasteiger partial charge in [0.1, 0.15) is 0 Å². The third-order valence-electron chi connectivity index (χ3n) is 6.57. The molecule has 0 unspecified atom stereocenters. The largest absolute Gasteiger partial charge is 0.478 e. The molecule has 0 bridgehead atoms. The van der Waals surface area contributed by atoms with Crippen molar-refractivity contribution in [2.45, 2.75) is 52.4 Å². The van der Waals surface area contributed by atoms with Gasteiger partial charge in [0.15, 0.2) is 0 Å². The Morgan fingerprint density at radius 2 is 1.94 bits per heavy atom. The van der Waals surface area contributed by atoms with Gasteiger partial charge in [0, 0.05) is 21.9 Å². The van der Waals surface area contributed by atoms with Crippen LogP contribution in [0.3, 0.4) is 0 Å². The average molecular weight is 426 g/mol. The number of nitrogens with zero attached hydrogens (tertiary/aromatic N) is 2. The van der Waals surface area contributed by atoms with Crippen LogP contribution >= 0.6 is 0 Å². The molecule has 2 aromatic heterocycles. The molecule has 0 amide bonds. The summed E-state index contributed by atoms with van der Waals surface area (Å²) < 4.78 is 0. The molecule has 32 heavy (non-hydrogen) atoms. The SMILES string of the molecule is Cc1c2nc(-c3ccc(C(=O)O)cc3)c(C(C)C)c(C3=CCCCC3)c2cc2cn[nH]c12. The zero-order valence-corrected chi connectivity index (χ0v) is 18.7. The van der Waals surface area contributed by atoms with Crippen LogP contribution in [0.4, 0.5) is 0 Å². The molecule has 4 aromatic rings. The van der Waals surface area contributed by atoms with Crippen LogP contribution in [0.15, 0.2) is 42.6 Å². The van der Waals surface area contributed by atoms with Crippen molar-refractivity contribution in [1.29, 1.82) is 0 Å². The van der Waals surface area contributed by atoms with Crippen molar-refractivity contribution in [3.8, 4) is 11.3 Å². The van der Waals surface area contributed by atoms with Crippen LogP contribution in [0.2, 0.25) is 0 Å². The lowest BCUT2D eigenvalue weighted by Crippen LogP contribution is -2.06. The number of rotatable bonds is 4. The average Bonchev–Trinajstić information content (AvgIpc) is 3.27. The monoisotopic (exact) mass is 425 g/mol. The highest BCUT2D eigenvalue weighted by atomic mass is 16.4. The summed E-state index contributed by atoms with van der Waals surface area (Å²) >= 11 is 0. The predicted molar refractivity (Wildman–Crippen MR) is 129 cm³/mol. The summed E-state index contributed by atoms with van der Waals surface area (Å²) in [7, 11) is 0. The van der Waals surface area contributed by atoms with Gasteiger partial charge in [-0.05, 0) is 73.4 Å². The molecule has 5 rings (SSSR count). The zero-order valence-electron chi connectivity index (χ0n) is 18.7. The van der Waals surface area contributed by atoms with Gasteiger partial charge < -0.3 is 5.11 Å². The van der Waals surface area contributed by atoms with E-state index in [0.717, 1.165) is 46.1 Å². The number of aromatic amines is 1. The number of benzene rings is 2. The number of aromatic carboxylic acids is 1. The number of hydrogen-bond acceptors (Lipinski definition) is 3. The second-order valence-electron chi connectivity index (χ2n) is 8.99. The smallest absolute Gasteiger partial charge is 0.335 e. The van der Waals surface area contributed by atoms with Gasteiger partial charge in [0.25, 0.3) is 0 Å². The predicted octanol–water partition coefficient (Wildman–Crippen LogP) is 6.87. The van der Waals surface area contributed by atoms with Gasteiger partial charge in [0.2, 0.25) is 0 Å². The number of carbonyl (C=O) groups is 1. The van der Waals surface area contributed by atoms with E-state index in [4.69, 9.17) is 4.98 Å². The Morgan fingerprint density at radius 1 is 1.16 bits per heavy atom. The molecule has 0 atom stereocenters. The number of nitrogens with one attached hydrogen (secondary N) is 1. The lowest BCUT2D eigenvalue weighted by Gasteiger charge is -2.24. The molecule has 0 saturated heterocycles. The van der Waals surface area contributed by atoms with E-state index in [0.29, 0.717) is 0 Å². The lowest BCUT2D eigenvalue weighted by molar-refractivity contribution is 0.0697. The van der Waals surface area contributed by atoms with E-state index in [1.165, 1.54) is 34.9 Å². The maximum atomic E-state index is 11.4. The zero-order chi connectivity index (χ0) is 22.4. The Hall–Kier alpha value is -3.47. The van der Waals surface area contributed by atoms with Crippen molar-refractivity contribution in [2.24, 2.45) is 0 Å². The minimum Gasteiger partial charge on any atom is -0.478 e. The van der Waals surface area contributed by atoms with Crippen LogP contribution in [0, 0.1) is 6.92 Å². The maximum absolute atomic E-state index is 11.4. The molecule has 0 fully saturated rings. The molecule has 1 aliphatic rings. The summed E-state index contributed by atoms with van der Waals surface area (Å²) in [4.78, 5) is 16.6. The fourth-order valence-electron chi connectivity index (χ4n) is 4.98. The summed E-state index contributed by atoms with van der Waals surface area (Å²) in [5.41, 5.74) is 9.18. The highest BCUT2D eigenvalue weighted by molar-refractivity contribution is 6.05. The molecule has 2 heterocycles. The van der Waals surface area contributed by atoms with Gasteiger partial charge in [-0.3, -0.25) is 5.10 Å². The topological polar surface area (TPSA) is 78.9 Å². The van der Waals surface area contributed by atoms with E-state index in [2.05, 4.69) is 43.1 Å². The number of hydrogen-bond donors (Lipinski definition) is 2. The molecule has 0 aliphatic heterocycles. The van der Waals surface area contributed by atoms with E-state index in [1.54, 1.807) is 12.1 Å². The number of aromatic nitrogens is 3. The van der Waals surface area contributed by atoms with Crippen LogP contribution in [-0.2, 0) is 0 Å². The molecule has 0 radical (unpaired) electrons. The van der Waals surface area contributed by atoms with Crippen molar-refractivity contribution < 1.29 is 9.90 Å². The number of allylic oxidation sites excluding steroid dienone is 2. The third-order valence-corrected chi connectivity index (χ3v) is 6.57. The van der Waals surface area contributed by atoms with Crippen LogP contribution in [-0.4, -0.2) is 26.3 Å². The molecule has 0 spiro atoms. The van der Waals surface area contributed by atoms with E-state index < -0.39 is 5.97 Å². The highest BCUT2D eigenvalue weighted by Crippen LogP contribution is 2.43. The first-order valence-corrected chi connectivity index (χ1v) is 11.3. The fourth-order valence-corrected chi connectivity index (χ4v) is 4.98. The van der Waals surface area contributed by atoms with Gasteiger partial charge >= 0.3 is 5.97 Å². The van der Waals surface area contributed by atoms with Gasteiger partial charge in [0.05, 0.1) is 28.5 Å². The Kier molecular flexibility index (Phi) is 5.04. The normalized spacial score (nSPS) is 14.3. The maximum Gasteiger partial charge on any atom is 0.335 e. The molecular weight excluding hydrogens is 398 g/mol. The summed E-state index contributed by atoms with van der Waals surface area (Å²) in [6.45, 7) is 6.53. The highest BCUT2D eigenvalue weighted by Gasteiger charge is 2.24. The minimum atomic E-state index is -0.919. The van der Waals surface area contributed by atoms with Crippen molar-refractivity contribution in [3.05, 3.63) is 64.9 Å². The number of carboxylic acids is 1. The van der Waals surface area contributed by atoms with Crippen LogP contribution in [0.1, 0.15) is 72.5 Å². The van der Waals surface area contributed by atoms with Crippen LogP contribution < -0.4 is 0 Å². The second-order valence-corrected chi connectivity index (χ2v) is 8.99. The first-order chi connectivity index (χ1) is 15.5. The van der Waals surface area contributed by atoms with E-state index in [-0.39, 0.29) is 11.5 Å². The molecule has 2 N–H and O–H groups in total. The minimum absolute atomic E-state index is 0.263. The van der Waals surface area contributed by atoms with E-state index >= 15 is 0 Å². The second kappa shape index (κ2) is 7.90. The summed E-state index contributed by atoms with van der Waals surface area (Å²) in [6, 6.07) is 9.32. The van der Waals surface area contributed by atoms with E-state index in [9.17, 15) is 9.90 Å².